The number of esters is 1. The summed E-state index contributed by atoms with van der Waals surface area (Å²) in [6.45, 7) is 0.422. The molecule has 0 aromatic heterocycles. The van der Waals surface area contributed by atoms with Gasteiger partial charge in [0.05, 0.1) is 25.5 Å². The summed E-state index contributed by atoms with van der Waals surface area (Å²) in [7, 11) is 3.18. The number of rotatable bonds is 3. The number of benzene rings is 2. The van der Waals surface area contributed by atoms with Gasteiger partial charge in [0.2, 0.25) is 6.79 Å². The Balaban J connectivity index is 1.71. The molecule has 0 amide bonds. The lowest BCUT2D eigenvalue weighted by molar-refractivity contribution is -0.136. The number of carbonyl (C=O) groups excluding carboxylic acids is 1. The van der Waals surface area contributed by atoms with Crippen molar-refractivity contribution in [1.29, 1.82) is 0 Å². The summed E-state index contributed by atoms with van der Waals surface area (Å²) in [6.07, 6.45) is 0. The molecular weight excluding hydrogens is 350 g/mol. The smallest absolute Gasteiger partial charge is 0.337 e. The van der Waals surface area contributed by atoms with Gasteiger partial charge in [-0.05, 0) is 29.3 Å². The zero-order valence-corrected chi connectivity index (χ0v) is 14.8. The zero-order valence-electron chi connectivity index (χ0n) is 14.8. The van der Waals surface area contributed by atoms with E-state index in [9.17, 15) is 4.79 Å². The average Bonchev–Trinajstić information content (AvgIpc) is 3.31. The highest BCUT2D eigenvalue weighted by atomic mass is 16.7. The molecule has 0 radical (unpaired) electrons. The number of nitrogens with one attached hydrogen (secondary N) is 1. The number of carbonyl (C=O) groups is 1. The van der Waals surface area contributed by atoms with E-state index in [0.717, 1.165) is 22.5 Å². The molecular formula is C20H17NO6. The van der Waals surface area contributed by atoms with Crippen molar-refractivity contribution in [3.63, 3.8) is 0 Å². The molecule has 0 saturated carbocycles. The van der Waals surface area contributed by atoms with Crippen LogP contribution in [-0.4, -0.2) is 33.6 Å². The summed E-state index contributed by atoms with van der Waals surface area (Å²) in [5, 5.41) is 3.31. The maximum absolute atomic E-state index is 12.5. The van der Waals surface area contributed by atoms with Gasteiger partial charge in [0.25, 0.3) is 0 Å². The van der Waals surface area contributed by atoms with E-state index in [-0.39, 0.29) is 25.3 Å². The van der Waals surface area contributed by atoms with Crippen LogP contribution in [0.3, 0.4) is 0 Å². The topological polar surface area (TPSA) is 75.2 Å². The van der Waals surface area contributed by atoms with Crippen molar-refractivity contribution in [3.8, 4) is 23.0 Å². The predicted octanol–water partition coefficient (Wildman–Crippen LogP) is 2.80. The van der Waals surface area contributed by atoms with Crippen LogP contribution in [0.1, 0.15) is 17.0 Å². The molecule has 0 bridgehead atoms. The Kier molecular flexibility index (Phi) is 3.43. The van der Waals surface area contributed by atoms with Crippen LogP contribution in [0.25, 0.3) is 0 Å². The maximum Gasteiger partial charge on any atom is 0.337 e. The van der Waals surface area contributed by atoms with Crippen LogP contribution in [0.4, 0.5) is 5.69 Å². The Labute approximate surface area is 155 Å². The average molecular weight is 367 g/mol. The van der Waals surface area contributed by atoms with Crippen LogP contribution < -0.4 is 24.3 Å². The molecule has 1 N–H and O–H groups in total. The highest BCUT2D eigenvalue weighted by Crippen LogP contribution is 2.49. The summed E-state index contributed by atoms with van der Waals surface area (Å²) in [5.74, 6) is 1.95. The molecule has 138 valence electrons. The number of hydrogen-bond acceptors (Lipinski definition) is 7. The molecule has 1 unspecified atom stereocenters. The van der Waals surface area contributed by atoms with Gasteiger partial charge >= 0.3 is 5.97 Å². The number of fused-ring (bicyclic) bond motifs is 2. The van der Waals surface area contributed by atoms with Crippen molar-refractivity contribution >= 4 is 11.7 Å². The van der Waals surface area contributed by atoms with Crippen LogP contribution in [0.2, 0.25) is 0 Å². The second-order valence-corrected chi connectivity index (χ2v) is 6.43. The lowest BCUT2D eigenvalue weighted by atomic mass is 9.81. The monoisotopic (exact) mass is 367 g/mol. The van der Waals surface area contributed by atoms with Gasteiger partial charge in [0.1, 0.15) is 6.61 Å². The summed E-state index contributed by atoms with van der Waals surface area (Å²) in [5.41, 5.74) is 4.05. The first-order valence-corrected chi connectivity index (χ1v) is 8.52. The van der Waals surface area contributed by atoms with E-state index in [1.165, 1.54) is 0 Å². The first kappa shape index (κ1) is 15.9. The Bertz CT molecular complexity index is 996. The van der Waals surface area contributed by atoms with Gasteiger partial charge in [-0.15, -0.1) is 0 Å². The van der Waals surface area contributed by atoms with Gasteiger partial charge in [-0.1, -0.05) is 6.07 Å². The third kappa shape index (κ3) is 2.31. The van der Waals surface area contributed by atoms with Crippen molar-refractivity contribution in [1.82, 2.24) is 0 Å². The minimum absolute atomic E-state index is 0.197. The van der Waals surface area contributed by atoms with Gasteiger partial charge in [0.15, 0.2) is 23.0 Å². The van der Waals surface area contributed by atoms with Crippen molar-refractivity contribution in [2.75, 3.05) is 32.9 Å². The van der Waals surface area contributed by atoms with Crippen molar-refractivity contribution in [2.45, 2.75) is 5.92 Å². The van der Waals surface area contributed by atoms with E-state index in [0.29, 0.717) is 28.6 Å². The Hall–Kier alpha value is -3.35. The Morgan fingerprint density at radius 1 is 1.00 bits per heavy atom. The van der Waals surface area contributed by atoms with Crippen LogP contribution >= 0.6 is 0 Å². The van der Waals surface area contributed by atoms with Gasteiger partial charge in [-0.2, -0.15) is 0 Å². The fourth-order valence-corrected chi connectivity index (χ4v) is 3.81. The maximum atomic E-state index is 12.5. The van der Waals surface area contributed by atoms with Gasteiger partial charge in [-0.3, -0.25) is 0 Å². The highest BCUT2D eigenvalue weighted by molar-refractivity contribution is 5.97. The Morgan fingerprint density at radius 2 is 1.78 bits per heavy atom. The summed E-state index contributed by atoms with van der Waals surface area (Å²) in [6, 6.07) is 9.49. The summed E-state index contributed by atoms with van der Waals surface area (Å²) >= 11 is 0. The minimum Gasteiger partial charge on any atom is -0.493 e. The second kappa shape index (κ2) is 5.84. The van der Waals surface area contributed by atoms with Crippen LogP contribution in [0.5, 0.6) is 23.0 Å². The fraction of sp³-hybridized carbons (Fsp3) is 0.250. The van der Waals surface area contributed by atoms with E-state index < -0.39 is 0 Å². The molecule has 0 fully saturated rings. The molecule has 0 saturated heterocycles. The second-order valence-electron chi connectivity index (χ2n) is 6.43. The molecule has 5 rings (SSSR count). The molecule has 7 heteroatoms. The molecule has 2 aromatic rings. The number of methoxy groups -OCH3 is 2. The van der Waals surface area contributed by atoms with Gasteiger partial charge < -0.3 is 29.0 Å². The lowest BCUT2D eigenvalue weighted by Crippen LogP contribution is -2.20. The van der Waals surface area contributed by atoms with E-state index in [2.05, 4.69) is 5.32 Å². The highest BCUT2D eigenvalue weighted by Gasteiger charge is 2.39. The van der Waals surface area contributed by atoms with E-state index in [1.807, 2.05) is 30.3 Å². The summed E-state index contributed by atoms with van der Waals surface area (Å²) in [4.78, 5) is 12.5. The predicted molar refractivity (Wildman–Crippen MR) is 95.6 cm³/mol. The van der Waals surface area contributed by atoms with E-state index in [4.69, 9.17) is 23.7 Å². The molecule has 27 heavy (non-hydrogen) atoms. The molecule has 3 aliphatic heterocycles. The van der Waals surface area contributed by atoms with Crippen LogP contribution in [0.15, 0.2) is 41.6 Å². The number of ether oxygens (including phenoxy) is 5. The molecule has 3 heterocycles. The first-order valence-electron chi connectivity index (χ1n) is 8.52. The number of cyclic esters (lactones) is 1. The summed E-state index contributed by atoms with van der Waals surface area (Å²) < 4.78 is 27.1. The number of hydrogen-bond donors (Lipinski definition) is 1. The Morgan fingerprint density at radius 3 is 2.59 bits per heavy atom. The molecule has 3 aliphatic rings. The molecule has 2 aromatic carbocycles. The quantitative estimate of drug-likeness (QED) is 0.836. The van der Waals surface area contributed by atoms with E-state index in [1.54, 1.807) is 14.2 Å². The van der Waals surface area contributed by atoms with Gasteiger partial charge in [0, 0.05) is 17.7 Å². The third-order valence-corrected chi connectivity index (χ3v) is 5.06. The number of anilines is 1. The zero-order chi connectivity index (χ0) is 18.5. The van der Waals surface area contributed by atoms with Crippen LogP contribution in [0, 0.1) is 0 Å². The normalized spacial score (nSPS) is 19.2. The van der Waals surface area contributed by atoms with Crippen molar-refractivity contribution in [3.05, 3.63) is 52.7 Å². The standard InChI is InChI=1S/C20H17NO6/c1-23-15-6-11-12(7-16(15)24-2)21-13-8-25-20(22)19(13)18(11)10-3-4-14-17(5-10)27-9-26-14/h3-7,18,21H,8-9H2,1-2H3. The molecule has 0 spiro atoms. The van der Waals surface area contributed by atoms with E-state index >= 15 is 0 Å². The first-order chi connectivity index (χ1) is 13.2. The molecule has 7 nitrogen and oxygen atoms in total. The van der Waals surface area contributed by atoms with Crippen molar-refractivity contribution < 1.29 is 28.5 Å². The molecule has 0 aliphatic carbocycles. The van der Waals surface area contributed by atoms with Crippen molar-refractivity contribution in [2.24, 2.45) is 0 Å². The largest absolute Gasteiger partial charge is 0.493 e. The SMILES string of the molecule is COc1cc2c(cc1OC)C(c1ccc3c(c1)OCO3)C1=C(COC1=O)N2. The third-order valence-electron chi connectivity index (χ3n) is 5.06. The van der Waals surface area contributed by atoms with Crippen LogP contribution in [-0.2, 0) is 9.53 Å². The lowest BCUT2D eigenvalue weighted by Gasteiger charge is -2.28. The molecule has 1 atom stereocenters. The van der Waals surface area contributed by atoms with Gasteiger partial charge in [-0.25, -0.2) is 4.79 Å². The minimum atomic E-state index is -0.319. The fourth-order valence-electron chi connectivity index (χ4n) is 3.81.